The standard InChI is InChI=1S/C35H38N2O3S/c1-25-14-17-29(18-15-25)37(23-27-11-6-5-7-12-27)24-28-16-19-31(32(22-28)30-13-9-8-10-26(30)2)34(38)36-33(20-21-41-4)35(39)40-3/h5-19,22,33H,20-21,23-24H2,1-4H3,(H,36,38)/t33-/m0/s1. The van der Waals surface area contributed by atoms with Gasteiger partial charge in [0.15, 0.2) is 0 Å². The largest absolute Gasteiger partial charge is 0.467 e. The zero-order valence-corrected chi connectivity index (χ0v) is 25.0. The molecule has 0 spiro atoms. The molecule has 1 N–H and O–H groups in total. The van der Waals surface area contributed by atoms with Crippen molar-refractivity contribution in [1.29, 1.82) is 0 Å². The maximum absolute atomic E-state index is 13.6. The second-order valence-corrected chi connectivity index (χ2v) is 11.2. The highest BCUT2D eigenvalue weighted by Gasteiger charge is 2.24. The molecular weight excluding hydrogens is 528 g/mol. The molecule has 1 amide bonds. The Balaban J connectivity index is 1.71. The number of nitrogens with one attached hydrogen (secondary N) is 1. The lowest BCUT2D eigenvalue weighted by Gasteiger charge is -2.26. The molecule has 0 aliphatic carbocycles. The normalized spacial score (nSPS) is 11.5. The highest BCUT2D eigenvalue weighted by atomic mass is 32.2. The van der Waals surface area contributed by atoms with Gasteiger partial charge in [-0.3, -0.25) is 4.79 Å². The lowest BCUT2D eigenvalue weighted by molar-refractivity contribution is -0.142. The summed E-state index contributed by atoms with van der Waals surface area (Å²) in [5.41, 5.74) is 8.10. The predicted octanol–water partition coefficient (Wildman–Crippen LogP) is 7.20. The molecule has 6 heteroatoms. The van der Waals surface area contributed by atoms with Gasteiger partial charge in [-0.25, -0.2) is 4.79 Å². The number of carbonyl (C=O) groups excluding carboxylic acids is 2. The lowest BCUT2D eigenvalue weighted by atomic mass is 9.93. The highest BCUT2D eigenvalue weighted by Crippen LogP contribution is 2.30. The summed E-state index contributed by atoms with van der Waals surface area (Å²) in [5.74, 6) is 0.0157. The van der Waals surface area contributed by atoms with Crippen molar-refractivity contribution in [2.75, 3.05) is 24.0 Å². The van der Waals surface area contributed by atoms with Crippen molar-refractivity contribution in [3.05, 3.63) is 125 Å². The number of aryl methyl sites for hydroxylation is 2. The van der Waals surface area contributed by atoms with Gasteiger partial charge < -0.3 is 15.0 Å². The SMILES string of the molecule is COC(=O)[C@H](CCSC)NC(=O)c1ccc(CN(Cc2ccccc2)c2ccc(C)cc2)cc1-c1ccccc1C. The number of esters is 1. The third-order valence-corrected chi connectivity index (χ3v) is 7.80. The number of rotatable bonds is 12. The van der Waals surface area contributed by atoms with Crippen molar-refractivity contribution in [3.8, 4) is 11.1 Å². The van der Waals surface area contributed by atoms with Gasteiger partial charge in [-0.05, 0) is 84.4 Å². The van der Waals surface area contributed by atoms with Gasteiger partial charge in [0.25, 0.3) is 5.91 Å². The quantitative estimate of drug-likeness (QED) is 0.184. The van der Waals surface area contributed by atoms with Crippen LogP contribution >= 0.6 is 11.8 Å². The van der Waals surface area contributed by atoms with E-state index < -0.39 is 12.0 Å². The fraction of sp³-hybridized carbons (Fsp3) is 0.257. The molecular formula is C35H38N2O3S. The van der Waals surface area contributed by atoms with E-state index in [4.69, 9.17) is 4.74 Å². The summed E-state index contributed by atoms with van der Waals surface area (Å²) in [5, 5.41) is 2.94. The molecule has 1 atom stereocenters. The molecule has 5 nitrogen and oxygen atoms in total. The Morgan fingerprint density at radius 2 is 1.51 bits per heavy atom. The summed E-state index contributed by atoms with van der Waals surface area (Å²) < 4.78 is 4.97. The average Bonchev–Trinajstić information content (AvgIpc) is 2.99. The fourth-order valence-electron chi connectivity index (χ4n) is 4.87. The first-order valence-electron chi connectivity index (χ1n) is 13.8. The minimum absolute atomic E-state index is 0.286. The maximum Gasteiger partial charge on any atom is 0.328 e. The molecule has 0 aromatic heterocycles. The van der Waals surface area contributed by atoms with Gasteiger partial charge >= 0.3 is 5.97 Å². The Morgan fingerprint density at radius 3 is 2.20 bits per heavy atom. The van der Waals surface area contributed by atoms with Crippen molar-refractivity contribution in [2.45, 2.75) is 39.4 Å². The first kappa shape index (κ1) is 29.9. The van der Waals surface area contributed by atoms with Crippen molar-refractivity contribution >= 4 is 29.3 Å². The van der Waals surface area contributed by atoms with E-state index in [0.29, 0.717) is 18.5 Å². The topological polar surface area (TPSA) is 58.6 Å². The van der Waals surface area contributed by atoms with Gasteiger partial charge in [0, 0.05) is 24.3 Å². The molecule has 0 radical (unpaired) electrons. The summed E-state index contributed by atoms with van der Waals surface area (Å²) in [6.45, 7) is 5.56. The van der Waals surface area contributed by atoms with E-state index in [2.05, 4.69) is 71.7 Å². The average molecular weight is 567 g/mol. The van der Waals surface area contributed by atoms with E-state index in [1.807, 2.05) is 55.6 Å². The molecule has 0 heterocycles. The van der Waals surface area contributed by atoms with Crippen LogP contribution in [-0.4, -0.2) is 37.0 Å². The number of nitrogens with zero attached hydrogens (tertiary/aromatic N) is 1. The molecule has 0 saturated heterocycles. The van der Waals surface area contributed by atoms with Crippen molar-refractivity contribution in [2.24, 2.45) is 0 Å². The van der Waals surface area contributed by atoms with Gasteiger partial charge in [-0.15, -0.1) is 0 Å². The number of anilines is 1. The molecule has 4 aromatic carbocycles. The van der Waals surface area contributed by atoms with Crippen molar-refractivity contribution in [1.82, 2.24) is 5.32 Å². The van der Waals surface area contributed by atoms with Gasteiger partial charge in [0.1, 0.15) is 6.04 Å². The zero-order chi connectivity index (χ0) is 29.2. The van der Waals surface area contributed by atoms with Crippen LogP contribution in [0.4, 0.5) is 5.69 Å². The molecule has 0 bridgehead atoms. The highest BCUT2D eigenvalue weighted by molar-refractivity contribution is 7.98. The minimum Gasteiger partial charge on any atom is -0.467 e. The third kappa shape index (κ3) is 8.01. The number of carbonyl (C=O) groups is 2. The smallest absolute Gasteiger partial charge is 0.328 e. The number of ether oxygens (including phenoxy) is 1. The Labute approximate surface area is 247 Å². The molecule has 4 rings (SSSR count). The van der Waals surface area contributed by atoms with Crippen LogP contribution in [0.15, 0.2) is 97.1 Å². The Hall–Kier alpha value is -4.03. The van der Waals surface area contributed by atoms with E-state index in [1.54, 1.807) is 11.8 Å². The summed E-state index contributed by atoms with van der Waals surface area (Å²) in [6, 6.07) is 32.4. The first-order chi connectivity index (χ1) is 19.9. The summed E-state index contributed by atoms with van der Waals surface area (Å²) in [6.07, 6.45) is 2.48. The number of hydrogen-bond acceptors (Lipinski definition) is 5. The van der Waals surface area contributed by atoms with Gasteiger partial charge in [-0.2, -0.15) is 11.8 Å². The van der Waals surface area contributed by atoms with E-state index in [0.717, 1.165) is 40.2 Å². The van der Waals surface area contributed by atoms with Crippen molar-refractivity contribution in [3.63, 3.8) is 0 Å². The van der Waals surface area contributed by atoms with E-state index in [-0.39, 0.29) is 5.91 Å². The number of amides is 1. The molecule has 41 heavy (non-hydrogen) atoms. The summed E-state index contributed by atoms with van der Waals surface area (Å²) >= 11 is 1.63. The maximum atomic E-state index is 13.6. The number of benzene rings is 4. The number of thioether (sulfide) groups is 1. The van der Waals surface area contributed by atoms with Crippen LogP contribution in [0.1, 0.15) is 39.0 Å². The van der Waals surface area contributed by atoms with Gasteiger partial charge in [0.2, 0.25) is 0 Å². The molecule has 212 valence electrons. The van der Waals surface area contributed by atoms with E-state index >= 15 is 0 Å². The molecule has 4 aromatic rings. The van der Waals surface area contributed by atoms with Gasteiger partial charge in [-0.1, -0.05) is 78.4 Å². The molecule has 0 unspecified atom stereocenters. The second-order valence-electron chi connectivity index (χ2n) is 10.2. The van der Waals surface area contributed by atoms with Crippen LogP contribution < -0.4 is 10.2 Å². The van der Waals surface area contributed by atoms with Crippen LogP contribution in [0.3, 0.4) is 0 Å². The Bertz CT molecular complexity index is 1450. The zero-order valence-electron chi connectivity index (χ0n) is 24.2. The minimum atomic E-state index is -0.702. The van der Waals surface area contributed by atoms with E-state index in [1.165, 1.54) is 18.2 Å². The molecule has 0 aliphatic rings. The third-order valence-electron chi connectivity index (χ3n) is 7.15. The van der Waals surface area contributed by atoms with Crippen LogP contribution in [-0.2, 0) is 22.6 Å². The fourth-order valence-corrected chi connectivity index (χ4v) is 5.34. The van der Waals surface area contributed by atoms with Crippen LogP contribution in [0, 0.1) is 13.8 Å². The Morgan fingerprint density at radius 1 is 0.829 bits per heavy atom. The van der Waals surface area contributed by atoms with Gasteiger partial charge in [0.05, 0.1) is 7.11 Å². The summed E-state index contributed by atoms with van der Waals surface area (Å²) in [4.78, 5) is 28.4. The number of hydrogen-bond donors (Lipinski definition) is 1. The lowest BCUT2D eigenvalue weighted by Crippen LogP contribution is -2.42. The Kier molecular flexibility index (Phi) is 10.6. The first-order valence-corrected chi connectivity index (χ1v) is 15.2. The summed E-state index contributed by atoms with van der Waals surface area (Å²) in [7, 11) is 1.35. The van der Waals surface area contributed by atoms with Crippen LogP contribution in [0.2, 0.25) is 0 Å². The molecule has 0 aliphatic heterocycles. The van der Waals surface area contributed by atoms with E-state index in [9.17, 15) is 9.59 Å². The molecule has 0 fully saturated rings. The van der Waals surface area contributed by atoms with Crippen LogP contribution in [0.5, 0.6) is 0 Å². The predicted molar refractivity (Wildman–Crippen MR) is 170 cm³/mol. The van der Waals surface area contributed by atoms with Crippen molar-refractivity contribution < 1.29 is 14.3 Å². The number of methoxy groups -OCH3 is 1. The second kappa shape index (κ2) is 14.6. The van der Waals surface area contributed by atoms with Crippen LogP contribution in [0.25, 0.3) is 11.1 Å². The monoisotopic (exact) mass is 566 g/mol. The molecule has 0 saturated carbocycles.